The monoisotopic (exact) mass is 510 g/mol. The van der Waals surface area contributed by atoms with Crippen molar-refractivity contribution in [3.8, 4) is 16.3 Å². The van der Waals surface area contributed by atoms with Crippen molar-refractivity contribution in [1.29, 1.82) is 0 Å². The molecule has 172 valence electrons. The Labute approximate surface area is 201 Å². The number of aromatic hydroxyl groups is 1. The van der Waals surface area contributed by atoms with Gasteiger partial charge in [-0.3, -0.25) is 9.59 Å². The van der Waals surface area contributed by atoms with Crippen molar-refractivity contribution in [3.63, 3.8) is 0 Å². The van der Waals surface area contributed by atoms with E-state index in [1.165, 1.54) is 22.9 Å². The van der Waals surface area contributed by atoms with Crippen LogP contribution in [-0.4, -0.2) is 49.6 Å². The number of hydrogen-bond acceptors (Lipinski definition) is 7. The third kappa shape index (κ3) is 3.71. The number of halogens is 3. The van der Waals surface area contributed by atoms with E-state index in [0.717, 1.165) is 11.3 Å². The Morgan fingerprint density at radius 1 is 1.27 bits per heavy atom. The molecule has 0 aliphatic carbocycles. The molecule has 5 rings (SSSR count). The van der Waals surface area contributed by atoms with Crippen LogP contribution in [0.3, 0.4) is 0 Å². The molecule has 2 atom stereocenters. The molecule has 12 heteroatoms. The van der Waals surface area contributed by atoms with Crippen molar-refractivity contribution >= 4 is 40.4 Å². The summed E-state index contributed by atoms with van der Waals surface area (Å²) in [5.41, 5.74) is -0.544. The van der Waals surface area contributed by atoms with Crippen molar-refractivity contribution in [2.24, 2.45) is 0 Å². The van der Waals surface area contributed by atoms with Crippen molar-refractivity contribution in [1.82, 2.24) is 19.7 Å². The first-order valence-corrected chi connectivity index (χ1v) is 11.7. The number of nitrogens with zero attached hydrogens (tertiary/aromatic N) is 4. The maximum absolute atomic E-state index is 14.4. The first-order chi connectivity index (χ1) is 15.8. The molecule has 1 N–H and O–H groups in total. The Bertz CT molecular complexity index is 1340. The Morgan fingerprint density at radius 3 is 2.82 bits per heavy atom. The Hall–Kier alpha value is -2.53. The summed E-state index contributed by atoms with van der Waals surface area (Å²) >= 11 is 13.0. The van der Waals surface area contributed by atoms with E-state index < -0.39 is 29.1 Å². The van der Waals surface area contributed by atoms with Crippen LogP contribution in [0, 0.1) is 5.82 Å². The smallest absolute Gasteiger partial charge is 0.276 e. The predicted molar refractivity (Wildman–Crippen MR) is 120 cm³/mol. The number of fused-ring (bicyclic) bond motifs is 2. The summed E-state index contributed by atoms with van der Waals surface area (Å²) in [5.74, 6) is -1.74. The van der Waals surface area contributed by atoms with Gasteiger partial charge < -0.3 is 19.3 Å². The highest BCUT2D eigenvalue weighted by molar-refractivity contribution is 7.14. The molecule has 2 aromatic heterocycles. The molecule has 1 aromatic carbocycles. The Morgan fingerprint density at radius 2 is 2.03 bits per heavy atom. The maximum atomic E-state index is 14.4. The number of aromatic nitrogens is 3. The molecule has 0 radical (unpaired) electrons. The van der Waals surface area contributed by atoms with E-state index in [2.05, 4.69) is 10.2 Å². The fourth-order valence-electron chi connectivity index (χ4n) is 4.13. The van der Waals surface area contributed by atoms with Crippen molar-refractivity contribution in [2.75, 3.05) is 6.61 Å². The number of carbonyl (C=O) groups excluding carboxylic acids is 1. The van der Waals surface area contributed by atoms with Crippen molar-refractivity contribution in [2.45, 2.75) is 38.6 Å². The number of rotatable bonds is 3. The van der Waals surface area contributed by atoms with Crippen molar-refractivity contribution in [3.05, 3.63) is 60.7 Å². The summed E-state index contributed by atoms with van der Waals surface area (Å²) in [6, 6.07) is 2.79. The molecule has 4 heterocycles. The Kier molecular flexibility index (Phi) is 5.64. The number of ether oxygens (including phenoxy) is 1. The standard InChI is InChI=1S/C21H17Cl2FN4O4S/c1-9-4-5-32-15-8-27-7-11(18(29)19(30)17(27)21(31)28(9)15)20-26-25-14(33-20)6-10-12(22)2-3-13(23)16(10)24/h2-3,7,9,15,30H,4-6,8H2,1H3/t9-,15+/m1/s1. The van der Waals surface area contributed by atoms with Gasteiger partial charge in [-0.2, -0.15) is 0 Å². The summed E-state index contributed by atoms with van der Waals surface area (Å²) in [5, 5.41) is 19.5. The number of amides is 1. The fourth-order valence-corrected chi connectivity index (χ4v) is 5.38. The van der Waals surface area contributed by atoms with Gasteiger partial charge in [0.1, 0.15) is 10.8 Å². The lowest BCUT2D eigenvalue weighted by Crippen LogP contribution is -2.56. The molecule has 2 aliphatic rings. The molecule has 1 fully saturated rings. The van der Waals surface area contributed by atoms with E-state index >= 15 is 0 Å². The summed E-state index contributed by atoms with van der Waals surface area (Å²) in [6.07, 6.45) is 1.70. The van der Waals surface area contributed by atoms with Crippen LogP contribution in [0.2, 0.25) is 10.0 Å². The van der Waals surface area contributed by atoms with Gasteiger partial charge in [0.2, 0.25) is 5.43 Å². The minimum Gasteiger partial charge on any atom is -0.503 e. The van der Waals surface area contributed by atoms with E-state index in [1.807, 2.05) is 6.92 Å². The second-order valence-corrected chi connectivity index (χ2v) is 9.77. The zero-order valence-corrected chi connectivity index (χ0v) is 19.5. The number of carbonyl (C=O) groups is 1. The molecule has 2 aliphatic heterocycles. The Balaban J connectivity index is 1.52. The normalized spacial score (nSPS) is 20.0. The molecule has 33 heavy (non-hydrogen) atoms. The van der Waals surface area contributed by atoms with E-state index in [1.54, 1.807) is 4.90 Å². The lowest BCUT2D eigenvalue weighted by atomic mass is 10.1. The van der Waals surface area contributed by atoms with Crippen LogP contribution < -0.4 is 5.43 Å². The van der Waals surface area contributed by atoms with Crippen LogP contribution >= 0.6 is 34.5 Å². The van der Waals surface area contributed by atoms with Gasteiger partial charge in [-0.05, 0) is 25.5 Å². The third-order valence-electron chi connectivity index (χ3n) is 5.84. The highest BCUT2D eigenvalue weighted by Gasteiger charge is 2.40. The molecule has 1 saturated heterocycles. The molecule has 1 amide bonds. The SMILES string of the molecule is C[C@@H]1CCO[C@H]2Cn3cc(-c4nnc(Cc5c(Cl)ccc(Cl)c5F)s4)c(=O)c(O)c3C(=O)N12. The third-order valence-corrected chi connectivity index (χ3v) is 7.44. The van der Waals surface area contributed by atoms with E-state index in [4.69, 9.17) is 27.9 Å². The van der Waals surface area contributed by atoms with Gasteiger partial charge in [0, 0.05) is 29.2 Å². The largest absolute Gasteiger partial charge is 0.503 e. The summed E-state index contributed by atoms with van der Waals surface area (Å²) in [7, 11) is 0. The number of benzene rings is 1. The highest BCUT2D eigenvalue weighted by Crippen LogP contribution is 2.33. The average molecular weight is 511 g/mol. The van der Waals surface area contributed by atoms with Crippen LogP contribution in [0.25, 0.3) is 10.6 Å². The molecule has 0 saturated carbocycles. The van der Waals surface area contributed by atoms with Gasteiger partial charge in [0.25, 0.3) is 5.91 Å². The molecule has 3 aromatic rings. The maximum Gasteiger partial charge on any atom is 0.276 e. The van der Waals surface area contributed by atoms with Gasteiger partial charge in [0.15, 0.2) is 22.7 Å². The van der Waals surface area contributed by atoms with Gasteiger partial charge in [-0.25, -0.2) is 4.39 Å². The summed E-state index contributed by atoms with van der Waals surface area (Å²) < 4.78 is 21.6. The van der Waals surface area contributed by atoms with Gasteiger partial charge in [-0.1, -0.05) is 34.5 Å². The summed E-state index contributed by atoms with van der Waals surface area (Å²) in [4.78, 5) is 27.5. The van der Waals surface area contributed by atoms with Crippen molar-refractivity contribution < 1.29 is 19.0 Å². The molecule has 0 unspecified atom stereocenters. The van der Waals surface area contributed by atoms with Gasteiger partial charge in [0.05, 0.1) is 23.7 Å². The second kappa shape index (κ2) is 8.35. The average Bonchev–Trinajstić information content (AvgIpc) is 3.24. The predicted octanol–water partition coefficient (Wildman–Crippen LogP) is 3.70. The number of pyridine rings is 1. The minimum atomic E-state index is -0.728. The van der Waals surface area contributed by atoms with E-state index in [-0.39, 0.29) is 50.9 Å². The molecule has 0 bridgehead atoms. The first kappa shape index (κ1) is 22.3. The summed E-state index contributed by atoms with van der Waals surface area (Å²) in [6.45, 7) is 2.69. The fraction of sp³-hybridized carbons (Fsp3) is 0.333. The van der Waals surface area contributed by atoms with Crippen LogP contribution in [0.4, 0.5) is 4.39 Å². The second-order valence-electron chi connectivity index (χ2n) is 7.90. The van der Waals surface area contributed by atoms with Crippen LogP contribution in [0.15, 0.2) is 23.1 Å². The molecular formula is C21H17Cl2FN4O4S. The van der Waals surface area contributed by atoms with E-state index in [9.17, 15) is 19.1 Å². The van der Waals surface area contributed by atoms with E-state index in [0.29, 0.717) is 18.0 Å². The van der Waals surface area contributed by atoms with Gasteiger partial charge >= 0.3 is 0 Å². The first-order valence-electron chi connectivity index (χ1n) is 10.1. The van der Waals surface area contributed by atoms with Crippen LogP contribution in [0.1, 0.15) is 34.4 Å². The molecular weight excluding hydrogens is 494 g/mol. The lowest BCUT2D eigenvalue weighted by Gasteiger charge is -2.44. The minimum absolute atomic E-state index is 0.0302. The quantitative estimate of drug-likeness (QED) is 0.539. The zero-order chi connectivity index (χ0) is 23.4. The zero-order valence-electron chi connectivity index (χ0n) is 17.2. The van der Waals surface area contributed by atoms with Crippen LogP contribution in [-0.2, 0) is 17.7 Å². The topological polar surface area (TPSA) is 97.5 Å². The molecule has 0 spiro atoms. The van der Waals surface area contributed by atoms with Gasteiger partial charge in [-0.15, -0.1) is 10.2 Å². The molecule has 8 nitrogen and oxygen atoms in total. The number of hydrogen-bond donors (Lipinski definition) is 1. The van der Waals surface area contributed by atoms with Crippen LogP contribution in [0.5, 0.6) is 5.75 Å². The lowest BCUT2D eigenvalue weighted by molar-refractivity contribution is -0.112. The highest BCUT2D eigenvalue weighted by atomic mass is 35.5.